The molecule has 0 unspecified atom stereocenters. The molecule has 2 N–H and O–H groups in total. The van der Waals surface area contributed by atoms with Gasteiger partial charge in [0.05, 0.1) is 22.2 Å². The zero-order valence-corrected chi connectivity index (χ0v) is 27.2. The third-order valence-electron chi connectivity index (χ3n) is 6.38. The van der Waals surface area contributed by atoms with Crippen molar-refractivity contribution in [1.82, 2.24) is 9.47 Å². The number of rotatable bonds is 9. The van der Waals surface area contributed by atoms with E-state index in [2.05, 4.69) is 23.2 Å². The highest BCUT2D eigenvalue weighted by molar-refractivity contribution is 8.00. The van der Waals surface area contributed by atoms with E-state index in [1.54, 1.807) is 25.1 Å². The number of phenolic OH excluding ortho intramolecular Hbond substituents is 1. The van der Waals surface area contributed by atoms with E-state index in [-0.39, 0.29) is 17.4 Å². The third kappa shape index (κ3) is 9.31. The first-order valence-electron chi connectivity index (χ1n) is 14.4. The van der Waals surface area contributed by atoms with E-state index in [4.69, 9.17) is 16.3 Å². The van der Waals surface area contributed by atoms with Gasteiger partial charge in [0, 0.05) is 23.1 Å². The fraction of sp³-hybridized carbons (Fsp3) is 0.324. The summed E-state index contributed by atoms with van der Waals surface area (Å²) in [6, 6.07) is 14.7. The lowest BCUT2D eigenvalue weighted by atomic mass is 10.1. The fourth-order valence-electron chi connectivity index (χ4n) is 4.41. The van der Waals surface area contributed by atoms with Gasteiger partial charge in [-0.25, -0.2) is 4.79 Å². The Balaban J connectivity index is 0.000000672. The summed E-state index contributed by atoms with van der Waals surface area (Å²) >= 11 is 7.22. The zero-order valence-electron chi connectivity index (χ0n) is 25.6. The number of carbonyl (C=O) groups is 1. The van der Waals surface area contributed by atoms with Crippen LogP contribution in [0, 0.1) is 6.92 Å². The SMILES string of the molecule is C=C/C=C\C(=C/C)n1c(C)c(SNc2ccc(Cl)c(O)c2)c(C(=O)OCC)c1-c1ccccc1.CC.CN1CCCC1. The molecule has 0 radical (unpaired) electrons. The molecule has 1 fully saturated rings. The van der Waals surface area contributed by atoms with Crippen molar-refractivity contribution >= 4 is 40.9 Å². The number of anilines is 1. The maximum absolute atomic E-state index is 13.3. The number of nitrogens with one attached hydrogen (secondary N) is 1. The van der Waals surface area contributed by atoms with Crippen LogP contribution in [0.4, 0.5) is 5.69 Å². The highest BCUT2D eigenvalue weighted by atomic mass is 35.5. The van der Waals surface area contributed by atoms with Crippen LogP contribution in [-0.2, 0) is 4.74 Å². The van der Waals surface area contributed by atoms with Crippen molar-refractivity contribution in [2.24, 2.45) is 0 Å². The Bertz CT molecular complexity index is 1360. The van der Waals surface area contributed by atoms with Crippen LogP contribution in [0.5, 0.6) is 5.75 Å². The van der Waals surface area contributed by atoms with Gasteiger partial charge >= 0.3 is 5.97 Å². The molecule has 0 saturated carbocycles. The monoisotopic (exact) mass is 609 g/mol. The Labute approximate surface area is 260 Å². The van der Waals surface area contributed by atoms with Crippen molar-refractivity contribution in [3.63, 3.8) is 0 Å². The number of ether oxygens (including phenoxy) is 1. The minimum absolute atomic E-state index is 0.0251. The number of hydrogen-bond acceptors (Lipinski definition) is 6. The van der Waals surface area contributed by atoms with Crippen molar-refractivity contribution in [2.45, 2.75) is 52.4 Å². The quantitative estimate of drug-likeness (QED) is 0.143. The largest absolute Gasteiger partial charge is 0.506 e. The molecule has 2 aromatic carbocycles. The van der Waals surface area contributed by atoms with E-state index in [0.717, 1.165) is 27.5 Å². The van der Waals surface area contributed by atoms with Crippen LogP contribution < -0.4 is 4.72 Å². The molecule has 0 atom stereocenters. The minimum atomic E-state index is -0.408. The van der Waals surface area contributed by atoms with Crippen LogP contribution in [0.2, 0.25) is 5.02 Å². The summed E-state index contributed by atoms with van der Waals surface area (Å²) < 4.78 is 10.7. The zero-order chi connectivity index (χ0) is 31.1. The maximum atomic E-state index is 13.3. The average molecular weight is 610 g/mol. The second-order valence-corrected chi connectivity index (χ2v) is 10.5. The highest BCUT2D eigenvalue weighted by Crippen LogP contribution is 2.41. The number of likely N-dealkylation sites (tertiary alicyclic amines) is 1. The van der Waals surface area contributed by atoms with E-state index in [9.17, 15) is 9.90 Å². The Hall–Kier alpha value is -3.39. The average Bonchev–Trinajstić information content (AvgIpc) is 3.60. The van der Waals surface area contributed by atoms with E-state index in [1.807, 2.05) is 80.8 Å². The van der Waals surface area contributed by atoms with Gasteiger partial charge in [0.25, 0.3) is 0 Å². The van der Waals surface area contributed by atoms with Gasteiger partial charge < -0.3 is 24.0 Å². The number of benzene rings is 2. The molecule has 0 spiro atoms. The van der Waals surface area contributed by atoms with Gasteiger partial charge in [-0.2, -0.15) is 0 Å². The molecule has 1 saturated heterocycles. The Morgan fingerprint density at radius 2 is 1.83 bits per heavy atom. The molecule has 0 aliphatic carbocycles. The lowest BCUT2D eigenvalue weighted by molar-refractivity contribution is 0.0523. The Kier molecular flexibility index (Phi) is 15.1. The summed E-state index contributed by atoms with van der Waals surface area (Å²) in [5.74, 6) is -0.433. The molecule has 8 heteroatoms. The predicted octanol–water partition coefficient (Wildman–Crippen LogP) is 9.46. The minimum Gasteiger partial charge on any atom is -0.506 e. The molecule has 4 rings (SSSR count). The number of allylic oxidation sites excluding steroid dienone is 5. The first-order chi connectivity index (χ1) is 20.3. The van der Waals surface area contributed by atoms with Gasteiger partial charge in [-0.3, -0.25) is 0 Å². The van der Waals surface area contributed by atoms with Crippen LogP contribution in [0.3, 0.4) is 0 Å². The summed E-state index contributed by atoms with van der Waals surface area (Å²) in [6.07, 6.45) is 10.3. The summed E-state index contributed by atoms with van der Waals surface area (Å²) in [5, 5.41) is 10.2. The van der Waals surface area contributed by atoms with Crippen molar-refractivity contribution in [1.29, 1.82) is 0 Å². The van der Waals surface area contributed by atoms with Crippen LogP contribution >= 0.6 is 23.5 Å². The van der Waals surface area contributed by atoms with Crippen LogP contribution in [0.1, 0.15) is 56.6 Å². The Morgan fingerprint density at radius 3 is 2.36 bits per heavy atom. The number of phenols is 1. The number of aromatic hydroxyl groups is 1. The summed E-state index contributed by atoms with van der Waals surface area (Å²) in [5.41, 5.74) is 4.48. The first-order valence-corrected chi connectivity index (χ1v) is 15.5. The number of esters is 1. The Morgan fingerprint density at radius 1 is 1.17 bits per heavy atom. The van der Waals surface area contributed by atoms with Gasteiger partial charge in [-0.15, -0.1) is 0 Å². The molecular weight excluding hydrogens is 566 g/mol. The van der Waals surface area contributed by atoms with Gasteiger partial charge in [0.2, 0.25) is 0 Å². The molecule has 1 aromatic heterocycles. The number of hydrogen-bond donors (Lipinski definition) is 2. The van der Waals surface area contributed by atoms with E-state index in [0.29, 0.717) is 11.3 Å². The van der Waals surface area contributed by atoms with Crippen molar-refractivity contribution in [3.05, 3.63) is 95.7 Å². The standard InChI is InChI=1S/C27H27ClN2O3S.C5H11N.C2H6/c1-5-8-14-21(6-2)30-18(4)26(34-29-20-15-16-22(28)23(31)17-20)24(27(32)33-7-3)25(30)19-12-10-9-11-13-19;1-6-4-2-3-5-6;1-2/h5-6,8-17,29,31H,1,7H2,2-4H3;2-5H2,1H3;1-2H3/b14-8-,21-6+;;. The van der Waals surface area contributed by atoms with Gasteiger partial charge in [0.15, 0.2) is 0 Å². The van der Waals surface area contributed by atoms with Crippen LogP contribution in [0.25, 0.3) is 17.0 Å². The van der Waals surface area contributed by atoms with E-state index < -0.39 is 5.97 Å². The summed E-state index contributed by atoms with van der Waals surface area (Å²) in [7, 11) is 2.17. The molecule has 0 amide bonds. The van der Waals surface area contributed by atoms with E-state index >= 15 is 0 Å². The van der Waals surface area contributed by atoms with Gasteiger partial charge in [-0.05, 0) is 89.5 Å². The van der Waals surface area contributed by atoms with Crippen LogP contribution in [-0.4, -0.2) is 47.3 Å². The second-order valence-electron chi connectivity index (χ2n) is 9.25. The first kappa shape index (κ1) is 34.8. The molecule has 226 valence electrons. The van der Waals surface area contributed by atoms with Gasteiger partial charge in [-0.1, -0.05) is 80.6 Å². The number of aromatic nitrogens is 1. The van der Waals surface area contributed by atoms with Crippen molar-refractivity contribution in [2.75, 3.05) is 31.5 Å². The number of nitrogens with zero attached hydrogens (tertiary/aromatic N) is 2. The maximum Gasteiger partial charge on any atom is 0.341 e. The lowest BCUT2D eigenvalue weighted by Crippen LogP contribution is -2.10. The van der Waals surface area contributed by atoms with Crippen LogP contribution in [0.15, 0.2) is 84.3 Å². The summed E-state index contributed by atoms with van der Waals surface area (Å²) in [6.45, 7) is 16.4. The van der Waals surface area contributed by atoms with Crippen molar-refractivity contribution < 1.29 is 14.6 Å². The number of carbonyl (C=O) groups excluding carboxylic acids is 1. The van der Waals surface area contributed by atoms with Gasteiger partial charge in [0.1, 0.15) is 11.3 Å². The fourth-order valence-corrected chi connectivity index (χ4v) is 5.39. The predicted molar refractivity (Wildman–Crippen MR) is 181 cm³/mol. The molecule has 3 aromatic rings. The molecule has 2 heterocycles. The molecule has 42 heavy (non-hydrogen) atoms. The molecule has 6 nitrogen and oxygen atoms in total. The van der Waals surface area contributed by atoms with Crippen molar-refractivity contribution in [3.8, 4) is 17.0 Å². The number of halogens is 1. The van der Waals surface area contributed by atoms with E-state index in [1.165, 1.54) is 43.9 Å². The third-order valence-corrected chi connectivity index (χ3v) is 7.74. The topological polar surface area (TPSA) is 66.7 Å². The molecule has 1 aliphatic rings. The molecular formula is C34H44ClN3O3S. The lowest BCUT2D eigenvalue weighted by Gasteiger charge is -2.14. The smallest absolute Gasteiger partial charge is 0.341 e. The highest BCUT2D eigenvalue weighted by Gasteiger charge is 2.29. The second kappa shape index (κ2) is 18.2. The summed E-state index contributed by atoms with van der Waals surface area (Å²) in [4.78, 5) is 16.4. The normalized spacial score (nSPS) is 13.2. The molecule has 1 aliphatic heterocycles. The molecule has 0 bridgehead atoms.